The number of hydrogen-bond acceptors (Lipinski definition) is 3. The van der Waals surface area contributed by atoms with Crippen molar-refractivity contribution in [2.24, 2.45) is 0 Å². The number of H-pyrrole nitrogens is 1. The van der Waals surface area contributed by atoms with E-state index in [0.29, 0.717) is 11.5 Å². The number of nitrogens with one attached hydrogen (secondary N) is 1. The smallest absolute Gasteiger partial charge is 0.251 e. The number of fused-ring (bicyclic) bond motifs is 1. The van der Waals surface area contributed by atoms with Gasteiger partial charge in [0, 0.05) is 23.1 Å². The molecule has 21 heavy (non-hydrogen) atoms. The molecule has 0 aliphatic heterocycles. The molecule has 0 unspecified atom stereocenters. The second-order valence-corrected chi connectivity index (χ2v) is 6.11. The maximum Gasteiger partial charge on any atom is 0.251 e. The summed E-state index contributed by atoms with van der Waals surface area (Å²) in [5.41, 5.74) is 1.13. The van der Waals surface area contributed by atoms with E-state index >= 15 is 0 Å². The third-order valence-electron chi connectivity index (χ3n) is 3.41. The lowest BCUT2D eigenvalue weighted by atomic mass is 9.92. The molecule has 106 valence electrons. The van der Waals surface area contributed by atoms with Gasteiger partial charge in [0.15, 0.2) is 5.82 Å². The fraction of sp³-hybridized carbons (Fsp3) is 0.235. The Morgan fingerprint density at radius 3 is 2.62 bits per heavy atom. The maximum atomic E-state index is 11.9. The summed E-state index contributed by atoms with van der Waals surface area (Å²) in [6, 6.07) is 11.4. The first-order chi connectivity index (χ1) is 9.95. The first-order valence-corrected chi connectivity index (χ1v) is 6.91. The van der Waals surface area contributed by atoms with Gasteiger partial charge in [-0.3, -0.25) is 9.78 Å². The van der Waals surface area contributed by atoms with Crippen LogP contribution in [0.25, 0.3) is 22.3 Å². The zero-order valence-electron chi connectivity index (χ0n) is 12.3. The Labute approximate surface area is 122 Å². The largest absolute Gasteiger partial charge is 0.305 e. The fourth-order valence-electron chi connectivity index (χ4n) is 2.26. The van der Waals surface area contributed by atoms with Gasteiger partial charge in [0.1, 0.15) is 5.69 Å². The number of aromatic amines is 1. The van der Waals surface area contributed by atoms with Crippen molar-refractivity contribution < 1.29 is 0 Å². The van der Waals surface area contributed by atoms with Crippen LogP contribution in [0.2, 0.25) is 0 Å². The molecule has 0 atom stereocenters. The minimum atomic E-state index is -0.187. The summed E-state index contributed by atoms with van der Waals surface area (Å²) >= 11 is 0. The Kier molecular flexibility index (Phi) is 3.09. The van der Waals surface area contributed by atoms with Crippen LogP contribution in [0.3, 0.4) is 0 Å². The normalized spacial score (nSPS) is 11.8. The summed E-state index contributed by atoms with van der Waals surface area (Å²) in [5, 5.41) is 2.06. The highest BCUT2D eigenvalue weighted by Gasteiger charge is 2.18. The van der Waals surface area contributed by atoms with E-state index in [2.05, 4.69) is 15.0 Å². The Morgan fingerprint density at radius 2 is 1.86 bits per heavy atom. The summed E-state index contributed by atoms with van der Waals surface area (Å²) in [7, 11) is 0. The van der Waals surface area contributed by atoms with Gasteiger partial charge < -0.3 is 4.98 Å². The van der Waals surface area contributed by atoms with Gasteiger partial charge in [-0.15, -0.1) is 0 Å². The van der Waals surface area contributed by atoms with Gasteiger partial charge in [0.2, 0.25) is 0 Å². The summed E-state index contributed by atoms with van der Waals surface area (Å²) < 4.78 is 0. The van der Waals surface area contributed by atoms with Crippen LogP contribution < -0.4 is 5.56 Å². The molecule has 3 aromatic rings. The molecule has 0 aliphatic rings. The highest BCUT2D eigenvalue weighted by atomic mass is 16.1. The van der Waals surface area contributed by atoms with E-state index in [0.717, 1.165) is 16.5 Å². The molecule has 0 radical (unpaired) electrons. The van der Waals surface area contributed by atoms with Crippen LogP contribution in [0, 0.1) is 0 Å². The summed E-state index contributed by atoms with van der Waals surface area (Å²) in [4.78, 5) is 23.8. The average molecular weight is 279 g/mol. The number of pyridine rings is 1. The minimum Gasteiger partial charge on any atom is -0.305 e. The van der Waals surface area contributed by atoms with Crippen molar-refractivity contribution in [3.8, 4) is 11.5 Å². The van der Waals surface area contributed by atoms with Gasteiger partial charge in [-0.05, 0) is 11.5 Å². The quantitative estimate of drug-likeness (QED) is 0.743. The standard InChI is InChI=1S/C17H17N3O/c1-17(2,3)13-10-14(21)20-16(19-13)15-12-7-5-4-6-11(12)8-9-18-15/h4-10H,1-3H3,(H,19,20,21). The molecule has 0 saturated carbocycles. The van der Waals surface area contributed by atoms with E-state index in [1.807, 2.05) is 51.1 Å². The van der Waals surface area contributed by atoms with E-state index in [1.165, 1.54) is 0 Å². The second-order valence-electron chi connectivity index (χ2n) is 6.11. The molecule has 0 amide bonds. The lowest BCUT2D eigenvalue weighted by Crippen LogP contribution is -2.20. The number of hydrogen-bond donors (Lipinski definition) is 1. The number of aromatic nitrogens is 3. The average Bonchev–Trinajstić information content (AvgIpc) is 2.45. The van der Waals surface area contributed by atoms with Crippen LogP contribution in [0.4, 0.5) is 0 Å². The summed E-state index contributed by atoms with van der Waals surface area (Å²) in [6.45, 7) is 6.11. The van der Waals surface area contributed by atoms with Crippen molar-refractivity contribution in [3.05, 3.63) is 58.6 Å². The van der Waals surface area contributed by atoms with Crippen molar-refractivity contribution in [2.45, 2.75) is 26.2 Å². The van der Waals surface area contributed by atoms with Gasteiger partial charge in [-0.2, -0.15) is 0 Å². The van der Waals surface area contributed by atoms with Crippen LogP contribution in [-0.4, -0.2) is 15.0 Å². The fourth-order valence-corrected chi connectivity index (χ4v) is 2.26. The molecule has 0 fully saturated rings. The van der Waals surface area contributed by atoms with Gasteiger partial charge in [0.25, 0.3) is 5.56 Å². The first-order valence-electron chi connectivity index (χ1n) is 6.91. The van der Waals surface area contributed by atoms with Crippen LogP contribution in [0.1, 0.15) is 26.5 Å². The Balaban J connectivity index is 2.29. The number of benzene rings is 1. The van der Waals surface area contributed by atoms with Crippen molar-refractivity contribution in [1.29, 1.82) is 0 Å². The monoisotopic (exact) mass is 279 g/mol. The summed E-state index contributed by atoms with van der Waals surface area (Å²) in [5.74, 6) is 0.518. The molecular formula is C17H17N3O. The number of rotatable bonds is 1. The summed E-state index contributed by atoms with van der Waals surface area (Å²) in [6.07, 6.45) is 1.74. The van der Waals surface area contributed by atoms with Gasteiger partial charge in [-0.1, -0.05) is 45.0 Å². The van der Waals surface area contributed by atoms with Crippen molar-refractivity contribution in [2.75, 3.05) is 0 Å². The van der Waals surface area contributed by atoms with Crippen LogP contribution >= 0.6 is 0 Å². The SMILES string of the molecule is CC(C)(C)c1cc(=O)[nH]c(-c2nccc3ccccc23)n1. The highest BCUT2D eigenvalue weighted by Crippen LogP contribution is 2.25. The lowest BCUT2D eigenvalue weighted by Gasteiger charge is -2.18. The second kappa shape index (κ2) is 4.81. The lowest BCUT2D eigenvalue weighted by molar-refractivity contribution is 0.566. The van der Waals surface area contributed by atoms with E-state index in [9.17, 15) is 4.79 Å². The molecule has 1 N–H and O–H groups in total. The molecule has 4 heteroatoms. The predicted octanol–water partition coefficient (Wildman–Crippen LogP) is 3.28. The topological polar surface area (TPSA) is 58.6 Å². The molecular weight excluding hydrogens is 262 g/mol. The van der Waals surface area contributed by atoms with Crippen molar-refractivity contribution >= 4 is 10.8 Å². The van der Waals surface area contributed by atoms with Gasteiger partial charge in [0.05, 0.1) is 5.69 Å². The molecule has 0 aliphatic carbocycles. The third-order valence-corrected chi connectivity index (χ3v) is 3.41. The maximum absolute atomic E-state index is 11.9. The molecule has 0 saturated heterocycles. The molecule has 0 bridgehead atoms. The van der Waals surface area contributed by atoms with Gasteiger partial charge >= 0.3 is 0 Å². The Bertz CT molecular complexity index is 854. The minimum absolute atomic E-state index is 0.153. The van der Waals surface area contributed by atoms with Gasteiger partial charge in [-0.25, -0.2) is 4.98 Å². The zero-order chi connectivity index (χ0) is 15.0. The molecule has 4 nitrogen and oxygen atoms in total. The van der Waals surface area contributed by atoms with Crippen LogP contribution in [0.15, 0.2) is 47.4 Å². The van der Waals surface area contributed by atoms with Crippen molar-refractivity contribution in [1.82, 2.24) is 15.0 Å². The van der Waals surface area contributed by atoms with E-state index in [-0.39, 0.29) is 11.0 Å². The van der Waals surface area contributed by atoms with Crippen molar-refractivity contribution in [3.63, 3.8) is 0 Å². The predicted molar refractivity (Wildman–Crippen MR) is 84.3 cm³/mol. The van der Waals surface area contributed by atoms with E-state index in [4.69, 9.17) is 0 Å². The molecule has 0 spiro atoms. The van der Waals surface area contributed by atoms with E-state index in [1.54, 1.807) is 12.3 Å². The Morgan fingerprint density at radius 1 is 1.10 bits per heavy atom. The van der Waals surface area contributed by atoms with Crippen LogP contribution in [0.5, 0.6) is 0 Å². The zero-order valence-corrected chi connectivity index (χ0v) is 12.3. The third kappa shape index (κ3) is 2.57. The highest BCUT2D eigenvalue weighted by molar-refractivity contribution is 5.92. The molecule has 2 aromatic heterocycles. The molecule has 2 heterocycles. The number of nitrogens with zero attached hydrogens (tertiary/aromatic N) is 2. The van der Waals surface area contributed by atoms with E-state index < -0.39 is 0 Å². The molecule has 3 rings (SSSR count). The van der Waals surface area contributed by atoms with Crippen LogP contribution in [-0.2, 0) is 5.41 Å². The first kappa shape index (κ1) is 13.5. The molecule has 1 aromatic carbocycles. The Hall–Kier alpha value is -2.49.